The van der Waals surface area contributed by atoms with Gasteiger partial charge in [0.2, 0.25) is 0 Å². The molecule has 112 valence electrons. The fraction of sp³-hybridized carbons (Fsp3) is 0.625. The van der Waals surface area contributed by atoms with E-state index in [4.69, 9.17) is 9.47 Å². The SMILES string of the molecule is COc1ccc(CN[C@H]2CC[C@@H](O)C2)c(OC(C)C)c1. The zero-order chi connectivity index (χ0) is 14.5. The number of aliphatic hydroxyl groups is 1. The molecule has 0 radical (unpaired) electrons. The van der Waals surface area contributed by atoms with Crippen molar-refractivity contribution in [3.63, 3.8) is 0 Å². The molecule has 1 aliphatic rings. The molecule has 0 aromatic heterocycles. The topological polar surface area (TPSA) is 50.7 Å². The summed E-state index contributed by atoms with van der Waals surface area (Å²) < 4.78 is 11.1. The first-order valence-corrected chi connectivity index (χ1v) is 7.33. The normalized spacial score (nSPS) is 22.2. The summed E-state index contributed by atoms with van der Waals surface area (Å²) in [4.78, 5) is 0. The predicted octanol–water partition coefficient (Wildman–Crippen LogP) is 2.49. The molecule has 1 aliphatic carbocycles. The van der Waals surface area contributed by atoms with E-state index in [1.807, 2.05) is 32.0 Å². The summed E-state index contributed by atoms with van der Waals surface area (Å²) in [6.45, 7) is 4.79. The Bertz CT molecular complexity index is 434. The number of rotatable bonds is 6. The molecule has 1 fully saturated rings. The van der Waals surface area contributed by atoms with Crippen LogP contribution in [-0.4, -0.2) is 30.5 Å². The maximum atomic E-state index is 9.56. The third kappa shape index (κ3) is 4.12. The molecule has 0 unspecified atom stereocenters. The molecular weight excluding hydrogens is 254 g/mol. The maximum absolute atomic E-state index is 9.56. The van der Waals surface area contributed by atoms with Gasteiger partial charge < -0.3 is 19.9 Å². The molecule has 0 spiro atoms. The molecule has 0 aliphatic heterocycles. The van der Waals surface area contributed by atoms with E-state index in [-0.39, 0.29) is 12.2 Å². The maximum Gasteiger partial charge on any atom is 0.127 e. The molecule has 4 heteroatoms. The van der Waals surface area contributed by atoms with Gasteiger partial charge in [-0.25, -0.2) is 0 Å². The largest absolute Gasteiger partial charge is 0.497 e. The van der Waals surface area contributed by atoms with Gasteiger partial charge in [-0.1, -0.05) is 6.07 Å². The fourth-order valence-electron chi connectivity index (χ4n) is 2.57. The molecule has 0 saturated heterocycles. The molecule has 1 saturated carbocycles. The highest BCUT2D eigenvalue weighted by atomic mass is 16.5. The summed E-state index contributed by atoms with van der Waals surface area (Å²) in [7, 11) is 1.66. The molecule has 4 nitrogen and oxygen atoms in total. The summed E-state index contributed by atoms with van der Waals surface area (Å²) in [6.07, 6.45) is 2.77. The number of aliphatic hydroxyl groups excluding tert-OH is 1. The van der Waals surface area contributed by atoms with Gasteiger partial charge >= 0.3 is 0 Å². The van der Waals surface area contributed by atoms with Crippen LogP contribution in [0.5, 0.6) is 11.5 Å². The smallest absolute Gasteiger partial charge is 0.127 e. The Balaban J connectivity index is 2.01. The summed E-state index contributed by atoms with van der Waals surface area (Å²) in [5.41, 5.74) is 1.13. The van der Waals surface area contributed by atoms with Crippen molar-refractivity contribution in [1.29, 1.82) is 0 Å². The highest BCUT2D eigenvalue weighted by molar-refractivity contribution is 5.40. The first-order valence-electron chi connectivity index (χ1n) is 7.33. The average Bonchev–Trinajstić information content (AvgIpc) is 2.82. The second-order valence-corrected chi connectivity index (χ2v) is 5.68. The van der Waals surface area contributed by atoms with E-state index in [9.17, 15) is 5.11 Å². The highest BCUT2D eigenvalue weighted by Crippen LogP contribution is 2.27. The van der Waals surface area contributed by atoms with Gasteiger partial charge in [0.25, 0.3) is 0 Å². The number of hydrogen-bond acceptors (Lipinski definition) is 4. The van der Waals surface area contributed by atoms with Crippen LogP contribution in [0.1, 0.15) is 38.7 Å². The lowest BCUT2D eigenvalue weighted by molar-refractivity contribution is 0.179. The molecule has 2 N–H and O–H groups in total. The lowest BCUT2D eigenvalue weighted by atomic mass is 10.1. The van der Waals surface area contributed by atoms with E-state index in [1.54, 1.807) is 7.11 Å². The molecule has 2 atom stereocenters. The minimum absolute atomic E-state index is 0.133. The van der Waals surface area contributed by atoms with Gasteiger partial charge in [0.05, 0.1) is 19.3 Å². The molecule has 0 heterocycles. The Morgan fingerprint density at radius 3 is 2.75 bits per heavy atom. The lowest BCUT2D eigenvalue weighted by Crippen LogP contribution is -2.26. The number of benzene rings is 1. The van der Waals surface area contributed by atoms with Crippen LogP contribution in [-0.2, 0) is 6.54 Å². The van der Waals surface area contributed by atoms with Crippen LogP contribution in [0.15, 0.2) is 18.2 Å². The van der Waals surface area contributed by atoms with E-state index in [0.29, 0.717) is 6.04 Å². The van der Waals surface area contributed by atoms with Crippen LogP contribution in [0.25, 0.3) is 0 Å². The molecule has 0 amide bonds. The zero-order valence-corrected chi connectivity index (χ0v) is 12.6. The van der Waals surface area contributed by atoms with Crippen LogP contribution >= 0.6 is 0 Å². The van der Waals surface area contributed by atoms with Crippen LogP contribution in [0.3, 0.4) is 0 Å². The first kappa shape index (κ1) is 15.1. The Morgan fingerprint density at radius 1 is 1.35 bits per heavy atom. The fourth-order valence-corrected chi connectivity index (χ4v) is 2.57. The number of ether oxygens (including phenoxy) is 2. The molecule has 0 bridgehead atoms. The van der Waals surface area contributed by atoms with Crippen molar-refractivity contribution < 1.29 is 14.6 Å². The lowest BCUT2D eigenvalue weighted by Gasteiger charge is -2.18. The zero-order valence-electron chi connectivity index (χ0n) is 12.6. The molecule has 1 aromatic rings. The van der Waals surface area contributed by atoms with Crippen molar-refractivity contribution in [2.45, 2.75) is 57.9 Å². The summed E-state index contributed by atoms with van der Waals surface area (Å²) in [6, 6.07) is 6.32. The van der Waals surface area contributed by atoms with Crippen LogP contribution in [0.2, 0.25) is 0 Å². The number of nitrogens with one attached hydrogen (secondary N) is 1. The van der Waals surface area contributed by atoms with Gasteiger partial charge in [0, 0.05) is 24.2 Å². The summed E-state index contributed by atoms with van der Waals surface area (Å²) >= 11 is 0. The Kier molecular flexibility index (Phi) is 5.26. The van der Waals surface area contributed by atoms with E-state index in [2.05, 4.69) is 5.32 Å². The van der Waals surface area contributed by atoms with Crippen LogP contribution in [0.4, 0.5) is 0 Å². The minimum Gasteiger partial charge on any atom is -0.497 e. The van der Waals surface area contributed by atoms with Crippen molar-refractivity contribution in [3.8, 4) is 11.5 Å². The van der Waals surface area contributed by atoms with E-state index >= 15 is 0 Å². The Hall–Kier alpha value is -1.26. The van der Waals surface area contributed by atoms with Gasteiger partial charge in [-0.15, -0.1) is 0 Å². The number of hydrogen-bond donors (Lipinski definition) is 2. The van der Waals surface area contributed by atoms with Gasteiger partial charge in [-0.3, -0.25) is 0 Å². The summed E-state index contributed by atoms with van der Waals surface area (Å²) in [5.74, 6) is 1.67. The van der Waals surface area contributed by atoms with Gasteiger partial charge in [-0.2, -0.15) is 0 Å². The molecule has 20 heavy (non-hydrogen) atoms. The van der Waals surface area contributed by atoms with Crippen molar-refractivity contribution in [3.05, 3.63) is 23.8 Å². The van der Waals surface area contributed by atoms with Crippen molar-refractivity contribution in [2.24, 2.45) is 0 Å². The van der Waals surface area contributed by atoms with Gasteiger partial charge in [-0.05, 0) is 39.2 Å². The summed E-state index contributed by atoms with van der Waals surface area (Å²) in [5, 5.41) is 13.1. The third-order valence-electron chi connectivity index (χ3n) is 3.62. The Morgan fingerprint density at radius 2 is 2.15 bits per heavy atom. The molecule has 1 aromatic carbocycles. The third-order valence-corrected chi connectivity index (χ3v) is 3.62. The van der Waals surface area contributed by atoms with Gasteiger partial charge in [0.1, 0.15) is 11.5 Å². The van der Waals surface area contributed by atoms with Crippen molar-refractivity contribution in [1.82, 2.24) is 5.32 Å². The standard InChI is InChI=1S/C16H25NO3/c1-11(2)20-16-9-15(19-3)7-4-12(16)10-17-13-5-6-14(18)8-13/h4,7,9,11,13-14,17-18H,5-6,8,10H2,1-3H3/t13-,14+/m0/s1. The van der Waals surface area contributed by atoms with Crippen molar-refractivity contribution in [2.75, 3.05) is 7.11 Å². The highest BCUT2D eigenvalue weighted by Gasteiger charge is 2.22. The van der Waals surface area contributed by atoms with E-state index < -0.39 is 0 Å². The minimum atomic E-state index is -0.144. The molecular formula is C16H25NO3. The monoisotopic (exact) mass is 279 g/mol. The van der Waals surface area contributed by atoms with E-state index in [0.717, 1.165) is 42.9 Å². The second-order valence-electron chi connectivity index (χ2n) is 5.68. The predicted molar refractivity (Wildman–Crippen MR) is 79.2 cm³/mol. The van der Waals surface area contributed by atoms with Crippen molar-refractivity contribution >= 4 is 0 Å². The van der Waals surface area contributed by atoms with E-state index in [1.165, 1.54) is 0 Å². The first-order chi connectivity index (χ1) is 9.58. The number of methoxy groups -OCH3 is 1. The Labute approximate surface area is 121 Å². The van der Waals surface area contributed by atoms with Crippen LogP contribution < -0.4 is 14.8 Å². The quantitative estimate of drug-likeness (QED) is 0.840. The molecule has 2 rings (SSSR count). The second kappa shape index (κ2) is 6.95. The average molecular weight is 279 g/mol. The van der Waals surface area contributed by atoms with Gasteiger partial charge in [0.15, 0.2) is 0 Å². The van der Waals surface area contributed by atoms with Crippen LogP contribution in [0, 0.1) is 0 Å².